The topological polar surface area (TPSA) is 44.6 Å². The smallest absolute Gasteiger partial charge is 0.236 e. The highest BCUT2D eigenvalue weighted by molar-refractivity contribution is 5.78. The van der Waals surface area contributed by atoms with Gasteiger partial charge in [-0.3, -0.25) is 9.69 Å². The van der Waals surface area contributed by atoms with Crippen LogP contribution in [0.5, 0.6) is 0 Å². The van der Waals surface area contributed by atoms with Gasteiger partial charge in [-0.1, -0.05) is 18.2 Å². The molecule has 6 nitrogen and oxygen atoms in total. The highest BCUT2D eigenvalue weighted by Gasteiger charge is 2.25. The number of aryl methyl sites for hydroxylation is 1. The van der Waals surface area contributed by atoms with Crippen molar-refractivity contribution in [2.45, 2.75) is 27.7 Å². The van der Waals surface area contributed by atoms with E-state index >= 15 is 0 Å². The summed E-state index contributed by atoms with van der Waals surface area (Å²) in [6.07, 6.45) is 0. The predicted molar refractivity (Wildman–Crippen MR) is 110 cm³/mol. The second kappa shape index (κ2) is 8.57. The van der Waals surface area contributed by atoms with Gasteiger partial charge in [-0.05, 0) is 39.8 Å². The second-order valence-electron chi connectivity index (χ2n) is 7.10. The molecule has 0 aliphatic carbocycles. The summed E-state index contributed by atoms with van der Waals surface area (Å²) < 4.78 is 2.03. The van der Waals surface area contributed by atoms with Gasteiger partial charge < -0.3 is 9.80 Å². The van der Waals surface area contributed by atoms with E-state index in [0.717, 1.165) is 50.6 Å². The number of hydrogen-bond acceptors (Lipinski definition) is 4. The third-order valence-corrected chi connectivity index (χ3v) is 5.42. The zero-order chi connectivity index (χ0) is 19.4. The molecule has 1 aromatic heterocycles. The van der Waals surface area contributed by atoms with Crippen LogP contribution >= 0.6 is 0 Å². The van der Waals surface area contributed by atoms with Crippen LogP contribution in [0.25, 0.3) is 5.69 Å². The molecule has 1 aliphatic heterocycles. The average molecular weight is 370 g/mol. The van der Waals surface area contributed by atoms with Crippen LogP contribution in [-0.2, 0) is 4.79 Å². The molecule has 0 atom stereocenters. The molecular weight excluding hydrogens is 338 g/mol. The Morgan fingerprint density at radius 2 is 1.67 bits per heavy atom. The van der Waals surface area contributed by atoms with Crippen LogP contribution in [0.15, 0.2) is 30.3 Å². The Morgan fingerprint density at radius 3 is 2.26 bits per heavy atom. The molecule has 0 radical (unpaired) electrons. The van der Waals surface area contributed by atoms with Crippen LogP contribution in [0.4, 0.5) is 5.69 Å². The molecule has 1 amide bonds. The fraction of sp³-hybridized carbons (Fsp3) is 0.524. The summed E-state index contributed by atoms with van der Waals surface area (Å²) in [6.45, 7) is 14.0. The van der Waals surface area contributed by atoms with Gasteiger partial charge >= 0.3 is 0 Å². The first-order chi connectivity index (χ1) is 13.0. The molecule has 27 heavy (non-hydrogen) atoms. The first-order valence-corrected chi connectivity index (χ1v) is 9.91. The van der Waals surface area contributed by atoms with Gasteiger partial charge in [0.2, 0.25) is 5.91 Å². The van der Waals surface area contributed by atoms with Crippen LogP contribution in [0.2, 0.25) is 0 Å². The minimum atomic E-state index is 0.234. The van der Waals surface area contributed by atoms with Gasteiger partial charge in [0.1, 0.15) is 0 Å². The lowest BCUT2D eigenvalue weighted by molar-refractivity contribution is -0.132. The fourth-order valence-corrected chi connectivity index (χ4v) is 3.91. The number of para-hydroxylation sites is 1. The fourth-order valence-electron chi connectivity index (χ4n) is 3.91. The maximum atomic E-state index is 12.4. The number of amides is 1. The molecular formula is C21H31N5O. The van der Waals surface area contributed by atoms with Crippen LogP contribution < -0.4 is 4.90 Å². The molecule has 0 spiro atoms. The van der Waals surface area contributed by atoms with E-state index < -0.39 is 0 Å². The van der Waals surface area contributed by atoms with Crippen LogP contribution in [0, 0.1) is 13.8 Å². The number of likely N-dealkylation sites (N-methyl/N-ethyl adjacent to an activating group) is 1. The molecule has 2 aromatic rings. The monoisotopic (exact) mass is 369 g/mol. The van der Waals surface area contributed by atoms with E-state index in [-0.39, 0.29) is 5.91 Å². The molecule has 1 fully saturated rings. The first-order valence-electron chi connectivity index (χ1n) is 9.91. The Balaban J connectivity index is 1.67. The average Bonchev–Trinajstić information content (AvgIpc) is 2.98. The molecule has 0 saturated carbocycles. The molecule has 6 heteroatoms. The van der Waals surface area contributed by atoms with Gasteiger partial charge in [0.05, 0.1) is 29.3 Å². The number of carbonyl (C=O) groups excluding carboxylic acids is 1. The molecule has 1 aromatic carbocycles. The Hall–Kier alpha value is -2.34. The van der Waals surface area contributed by atoms with Crippen LogP contribution in [0.3, 0.4) is 0 Å². The van der Waals surface area contributed by atoms with E-state index in [1.165, 1.54) is 11.4 Å². The minimum Gasteiger partial charge on any atom is -0.366 e. The van der Waals surface area contributed by atoms with Gasteiger partial charge in [0.15, 0.2) is 0 Å². The lowest BCUT2D eigenvalue weighted by atomic mass is 10.2. The predicted octanol–water partition coefficient (Wildman–Crippen LogP) is 2.48. The summed E-state index contributed by atoms with van der Waals surface area (Å²) in [5, 5.41) is 4.77. The van der Waals surface area contributed by atoms with Gasteiger partial charge in [0.25, 0.3) is 0 Å². The van der Waals surface area contributed by atoms with E-state index in [0.29, 0.717) is 6.54 Å². The summed E-state index contributed by atoms with van der Waals surface area (Å²) in [4.78, 5) is 18.9. The number of anilines is 1. The Kier molecular flexibility index (Phi) is 6.16. The summed E-state index contributed by atoms with van der Waals surface area (Å²) in [6, 6.07) is 10.3. The molecule has 2 heterocycles. The molecule has 1 saturated heterocycles. The lowest BCUT2D eigenvalue weighted by Crippen LogP contribution is -2.50. The number of aromatic nitrogens is 2. The van der Waals surface area contributed by atoms with Crippen molar-refractivity contribution in [1.29, 1.82) is 0 Å². The zero-order valence-corrected chi connectivity index (χ0v) is 17.0. The largest absolute Gasteiger partial charge is 0.366 e. The minimum absolute atomic E-state index is 0.234. The van der Waals surface area contributed by atoms with Gasteiger partial charge in [-0.2, -0.15) is 5.10 Å². The molecule has 0 N–H and O–H groups in total. The van der Waals surface area contributed by atoms with E-state index in [1.807, 2.05) is 41.6 Å². The van der Waals surface area contributed by atoms with Crippen molar-refractivity contribution in [3.8, 4) is 5.69 Å². The van der Waals surface area contributed by atoms with Crippen molar-refractivity contribution < 1.29 is 4.79 Å². The molecule has 0 unspecified atom stereocenters. The van der Waals surface area contributed by atoms with Gasteiger partial charge in [-0.15, -0.1) is 0 Å². The zero-order valence-electron chi connectivity index (χ0n) is 17.0. The second-order valence-corrected chi connectivity index (χ2v) is 7.10. The third-order valence-electron chi connectivity index (χ3n) is 5.42. The SMILES string of the molecule is CCN(CC)C(=O)CN1CCN(c2c(C)nn(-c3ccccc3)c2C)CC1. The number of hydrogen-bond donors (Lipinski definition) is 0. The van der Waals surface area contributed by atoms with Crippen LogP contribution in [-0.4, -0.2) is 71.3 Å². The molecule has 3 rings (SSSR count). The molecule has 0 bridgehead atoms. The van der Waals surface area contributed by atoms with Gasteiger partial charge in [-0.25, -0.2) is 4.68 Å². The first kappa shape index (κ1) is 19.4. The summed E-state index contributed by atoms with van der Waals surface area (Å²) in [5.74, 6) is 0.234. The van der Waals surface area contributed by atoms with Crippen molar-refractivity contribution in [2.75, 3.05) is 50.7 Å². The van der Waals surface area contributed by atoms with E-state index in [1.54, 1.807) is 0 Å². The van der Waals surface area contributed by atoms with E-state index in [4.69, 9.17) is 5.10 Å². The Labute approximate surface area is 162 Å². The van der Waals surface area contributed by atoms with Crippen molar-refractivity contribution in [3.63, 3.8) is 0 Å². The summed E-state index contributed by atoms with van der Waals surface area (Å²) >= 11 is 0. The quantitative estimate of drug-likeness (QED) is 0.785. The number of piperazine rings is 1. The van der Waals surface area contributed by atoms with E-state index in [2.05, 4.69) is 35.8 Å². The lowest BCUT2D eigenvalue weighted by Gasteiger charge is -2.36. The maximum Gasteiger partial charge on any atom is 0.236 e. The van der Waals surface area contributed by atoms with Crippen molar-refractivity contribution in [1.82, 2.24) is 19.6 Å². The Bertz CT molecular complexity index is 758. The third kappa shape index (κ3) is 4.16. The normalized spacial score (nSPS) is 15.2. The van der Waals surface area contributed by atoms with Crippen molar-refractivity contribution >= 4 is 11.6 Å². The van der Waals surface area contributed by atoms with E-state index in [9.17, 15) is 4.79 Å². The highest BCUT2D eigenvalue weighted by atomic mass is 16.2. The number of carbonyl (C=O) groups is 1. The highest BCUT2D eigenvalue weighted by Crippen LogP contribution is 2.27. The standard InChI is InChI=1S/C21H31N5O/c1-5-24(6-2)20(27)16-23-12-14-25(15-13-23)21-17(3)22-26(18(21)4)19-10-8-7-9-11-19/h7-11H,5-6,12-16H2,1-4H3. The van der Waals surface area contributed by atoms with Crippen molar-refractivity contribution in [2.24, 2.45) is 0 Å². The van der Waals surface area contributed by atoms with Crippen LogP contribution in [0.1, 0.15) is 25.2 Å². The molecule has 146 valence electrons. The maximum absolute atomic E-state index is 12.4. The number of nitrogens with zero attached hydrogens (tertiary/aromatic N) is 5. The summed E-state index contributed by atoms with van der Waals surface area (Å²) in [5.41, 5.74) is 4.55. The Morgan fingerprint density at radius 1 is 1.04 bits per heavy atom. The molecule has 1 aliphatic rings. The van der Waals surface area contributed by atoms with Crippen molar-refractivity contribution in [3.05, 3.63) is 41.7 Å². The summed E-state index contributed by atoms with van der Waals surface area (Å²) in [7, 11) is 0. The number of benzene rings is 1. The number of rotatable bonds is 6. The van der Waals surface area contributed by atoms with Gasteiger partial charge in [0, 0.05) is 39.3 Å².